The highest BCUT2D eigenvalue weighted by Crippen LogP contribution is 2.30. The maximum absolute atomic E-state index is 12.8. The van der Waals surface area contributed by atoms with Gasteiger partial charge in [0, 0.05) is 18.2 Å². The smallest absolute Gasteiger partial charge is 0.369 e. The minimum absolute atomic E-state index is 0.0465. The summed E-state index contributed by atoms with van der Waals surface area (Å²) >= 11 is 0. The van der Waals surface area contributed by atoms with Gasteiger partial charge in [-0.1, -0.05) is 12.1 Å². The van der Waals surface area contributed by atoms with E-state index in [1.807, 2.05) is 0 Å². The first-order valence-electron chi connectivity index (χ1n) is 6.42. The molecule has 0 aliphatic carbocycles. The summed E-state index contributed by atoms with van der Waals surface area (Å²) in [7, 11) is -3.11. The average molecular weight is 333 g/mol. The maximum Gasteiger partial charge on any atom is 0.451 e. The molecule has 0 amide bonds. The van der Waals surface area contributed by atoms with Gasteiger partial charge >= 0.3 is 6.18 Å². The largest absolute Gasteiger partial charge is 0.451 e. The summed E-state index contributed by atoms with van der Waals surface area (Å²) in [6.45, 7) is 0.200. The highest BCUT2D eigenvalue weighted by atomic mass is 32.2. The molecule has 1 aromatic carbocycles. The van der Waals surface area contributed by atoms with Gasteiger partial charge in [-0.25, -0.2) is 18.4 Å². The summed E-state index contributed by atoms with van der Waals surface area (Å²) in [5.41, 5.74) is 0.176. The molecule has 0 bridgehead atoms. The molecular formula is C13H14F3N3O2S. The van der Waals surface area contributed by atoms with Crippen molar-refractivity contribution in [2.75, 3.05) is 23.9 Å². The zero-order chi connectivity index (χ0) is 16.4. The van der Waals surface area contributed by atoms with Crippen LogP contribution in [-0.4, -0.2) is 36.9 Å². The van der Waals surface area contributed by atoms with E-state index in [4.69, 9.17) is 0 Å². The molecule has 2 rings (SSSR count). The number of sulfone groups is 1. The number of hydrogen-bond acceptors (Lipinski definition) is 5. The van der Waals surface area contributed by atoms with Gasteiger partial charge in [-0.05, 0) is 18.6 Å². The molecule has 1 aromatic heterocycles. The van der Waals surface area contributed by atoms with Crippen molar-refractivity contribution in [1.82, 2.24) is 9.97 Å². The fourth-order valence-electron chi connectivity index (χ4n) is 1.88. The van der Waals surface area contributed by atoms with Gasteiger partial charge in [0.05, 0.1) is 11.3 Å². The minimum atomic E-state index is -4.65. The van der Waals surface area contributed by atoms with E-state index in [-0.39, 0.29) is 30.1 Å². The number of halogens is 3. The van der Waals surface area contributed by atoms with Gasteiger partial charge in [0.2, 0.25) is 5.82 Å². The lowest BCUT2D eigenvalue weighted by Crippen LogP contribution is -2.15. The first kappa shape index (κ1) is 16.5. The molecule has 0 spiro atoms. The van der Waals surface area contributed by atoms with E-state index < -0.39 is 21.8 Å². The third kappa shape index (κ3) is 4.30. The molecule has 120 valence electrons. The SMILES string of the molecule is CS(=O)(=O)CCCNc1nc(C(F)(F)F)nc2ccccc12. The molecule has 0 saturated carbocycles. The van der Waals surface area contributed by atoms with Crippen molar-refractivity contribution in [3.05, 3.63) is 30.1 Å². The number of nitrogens with zero attached hydrogens (tertiary/aromatic N) is 2. The predicted molar refractivity (Wildman–Crippen MR) is 77.4 cm³/mol. The van der Waals surface area contributed by atoms with Gasteiger partial charge in [-0.2, -0.15) is 13.2 Å². The molecule has 0 atom stereocenters. The van der Waals surface area contributed by atoms with Crippen LogP contribution < -0.4 is 5.32 Å². The van der Waals surface area contributed by atoms with Crippen molar-refractivity contribution in [2.24, 2.45) is 0 Å². The third-order valence-corrected chi connectivity index (χ3v) is 3.87. The molecule has 2 aromatic rings. The van der Waals surface area contributed by atoms with E-state index in [0.29, 0.717) is 5.39 Å². The van der Waals surface area contributed by atoms with Crippen LogP contribution in [0, 0.1) is 0 Å². The van der Waals surface area contributed by atoms with Crippen LogP contribution in [-0.2, 0) is 16.0 Å². The first-order valence-corrected chi connectivity index (χ1v) is 8.48. The van der Waals surface area contributed by atoms with E-state index in [9.17, 15) is 21.6 Å². The lowest BCUT2D eigenvalue weighted by atomic mass is 10.2. The van der Waals surface area contributed by atoms with Gasteiger partial charge in [0.15, 0.2) is 0 Å². The lowest BCUT2D eigenvalue weighted by molar-refractivity contribution is -0.144. The summed E-state index contributed by atoms with van der Waals surface area (Å²) in [4.78, 5) is 7.01. The molecule has 0 saturated heterocycles. The standard InChI is InChI=1S/C13H14F3N3O2S/c1-22(20,21)8-4-7-17-11-9-5-2-3-6-10(9)18-12(19-11)13(14,15)16/h2-3,5-6H,4,7-8H2,1H3,(H,17,18,19). The Morgan fingerprint density at radius 3 is 2.50 bits per heavy atom. The van der Waals surface area contributed by atoms with Crippen LogP contribution in [0.5, 0.6) is 0 Å². The number of benzene rings is 1. The van der Waals surface area contributed by atoms with E-state index in [1.165, 1.54) is 6.07 Å². The van der Waals surface area contributed by atoms with Crippen molar-refractivity contribution < 1.29 is 21.6 Å². The number of alkyl halides is 3. The van der Waals surface area contributed by atoms with Crippen molar-refractivity contribution in [2.45, 2.75) is 12.6 Å². The summed E-state index contributed by atoms with van der Waals surface area (Å²) in [5, 5.41) is 3.21. The van der Waals surface area contributed by atoms with Crippen LogP contribution in [0.25, 0.3) is 10.9 Å². The third-order valence-electron chi connectivity index (χ3n) is 2.84. The maximum atomic E-state index is 12.8. The summed E-state index contributed by atoms with van der Waals surface area (Å²) in [6, 6.07) is 6.33. The van der Waals surface area contributed by atoms with E-state index in [1.54, 1.807) is 18.2 Å². The van der Waals surface area contributed by atoms with E-state index >= 15 is 0 Å². The summed E-state index contributed by atoms with van der Waals surface area (Å²) in [5.74, 6) is -1.22. The molecule has 22 heavy (non-hydrogen) atoms. The second kappa shape index (κ2) is 6.07. The Hall–Kier alpha value is -1.90. The van der Waals surface area contributed by atoms with Crippen LogP contribution in [0.2, 0.25) is 0 Å². The Morgan fingerprint density at radius 1 is 1.18 bits per heavy atom. The molecule has 0 aliphatic rings. The molecule has 0 aliphatic heterocycles. The van der Waals surface area contributed by atoms with Crippen molar-refractivity contribution in [3.8, 4) is 0 Å². The summed E-state index contributed by atoms with van der Waals surface area (Å²) < 4.78 is 60.5. The number of hydrogen-bond donors (Lipinski definition) is 1. The second-order valence-electron chi connectivity index (χ2n) is 4.82. The Kier molecular flexibility index (Phi) is 4.55. The van der Waals surface area contributed by atoms with Crippen molar-refractivity contribution >= 4 is 26.6 Å². The lowest BCUT2D eigenvalue weighted by Gasteiger charge is -2.12. The van der Waals surface area contributed by atoms with Crippen LogP contribution in [0.15, 0.2) is 24.3 Å². The molecule has 1 N–H and O–H groups in total. The fraction of sp³-hybridized carbons (Fsp3) is 0.385. The van der Waals surface area contributed by atoms with Crippen LogP contribution in [0.3, 0.4) is 0 Å². The van der Waals surface area contributed by atoms with Crippen LogP contribution >= 0.6 is 0 Å². The number of anilines is 1. The first-order chi connectivity index (χ1) is 10.2. The Balaban J connectivity index is 2.27. The Morgan fingerprint density at radius 2 is 1.86 bits per heavy atom. The monoisotopic (exact) mass is 333 g/mol. The number of fused-ring (bicyclic) bond motifs is 1. The molecule has 5 nitrogen and oxygen atoms in total. The molecule has 0 fully saturated rings. The molecule has 1 heterocycles. The zero-order valence-corrected chi connectivity index (χ0v) is 12.5. The van der Waals surface area contributed by atoms with Gasteiger partial charge in [-0.3, -0.25) is 0 Å². The number of nitrogens with one attached hydrogen (secondary N) is 1. The number of rotatable bonds is 5. The Labute approximate surface area is 125 Å². The Bertz CT molecular complexity index is 776. The van der Waals surface area contributed by atoms with E-state index in [0.717, 1.165) is 6.26 Å². The van der Waals surface area contributed by atoms with Crippen molar-refractivity contribution in [3.63, 3.8) is 0 Å². The fourth-order valence-corrected chi connectivity index (χ4v) is 2.55. The van der Waals surface area contributed by atoms with Gasteiger partial charge < -0.3 is 5.32 Å². The quantitative estimate of drug-likeness (QED) is 0.851. The molecule has 9 heteroatoms. The van der Waals surface area contributed by atoms with Crippen LogP contribution in [0.4, 0.5) is 19.0 Å². The number of aromatic nitrogens is 2. The summed E-state index contributed by atoms with van der Waals surface area (Å²) in [6.07, 6.45) is -3.26. The number of para-hydroxylation sites is 1. The highest BCUT2D eigenvalue weighted by Gasteiger charge is 2.35. The van der Waals surface area contributed by atoms with E-state index in [2.05, 4.69) is 15.3 Å². The molecule has 0 unspecified atom stereocenters. The highest BCUT2D eigenvalue weighted by molar-refractivity contribution is 7.90. The van der Waals surface area contributed by atoms with Gasteiger partial charge in [0.25, 0.3) is 0 Å². The predicted octanol–water partition coefficient (Wildman–Crippen LogP) is 2.50. The van der Waals surface area contributed by atoms with Crippen molar-refractivity contribution in [1.29, 1.82) is 0 Å². The van der Waals surface area contributed by atoms with Gasteiger partial charge in [-0.15, -0.1) is 0 Å². The molecular weight excluding hydrogens is 319 g/mol. The van der Waals surface area contributed by atoms with Crippen LogP contribution in [0.1, 0.15) is 12.2 Å². The average Bonchev–Trinajstić information content (AvgIpc) is 2.41. The normalized spacial score (nSPS) is 12.5. The zero-order valence-electron chi connectivity index (χ0n) is 11.7. The minimum Gasteiger partial charge on any atom is -0.369 e. The topological polar surface area (TPSA) is 72.0 Å². The second-order valence-corrected chi connectivity index (χ2v) is 7.08. The van der Waals surface area contributed by atoms with Gasteiger partial charge in [0.1, 0.15) is 15.7 Å². The molecule has 0 radical (unpaired) electrons.